The first-order valence-electron chi connectivity index (χ1n) is 5.32. The molecule has 2 aliphatic heterocycles. The SMILES string of the molecule is COCCCN1CCCC12CNC2. The predicted octanol–water partition coefficient (Wildman–Crippen LogP) is 0.461. The van der Waals surface area contributed by atoms with Gasteiger partial charge in [-0.15, -0.1) is 0 Å². The molecule has 0 atom stereocenters. The highest BCUT2D eigenvalue weighted by molar-refractivity contribution is 5.05. The molecule has 2 rings (SSSR count). The van der Waals surface area contributed by atoms with Crippen LogP contribution in [-0.4, -0.2) is 50.3 Å². The summed E-state index contributed by atoms with van der Waals surface area (Å²) in [4.78, 5) is 2.66. The number of likely N-dealkylation sites (tertiary alicyclic amines) is 1. The standard InChI is InChI=1S/C10H20N2O/c1-13-7-3-6-12-5-2-4-10(12)8-11-9-10/h11H,2-9H2,1H3. The van der Waals surface area contributed by atoms with Gasteiger partial charge in [-0.05, 0) is 25.8 Å². The second-order valence-corrected chi connectivity index (χ2v) is 4.26. The van der Waals surface area contributed by atoms with Crippen LogP contribution in [0.25, 0.3) is 0 Å². The summed E-state index contributed by atoms with van der Waals surface area (Å²) in [5.74, 6) is 0. The van der Waals surface area contributed by atoms with E-state index in [-0.39, 0.29) is 0 Å². The van der Waals surface area contributed by atoms with Crippen molar-refractivity contribution in [2.45, 2.75) is 24.8 Å². The molecule has 0 aromatic rings. The summed E-state index contributed by atoms with van der Waals surface area (Å²) in [7, 11) is 1.78. The molecule has 2 fully saturated rings. The quantitative estimate of drug-likeness (QED) is 0.642. The average molecular weight is 184 g/mol. The number of hydrogen-bond donors (Lipinski definition) is 1. The van der Waals surface area contributed by atoms with Crippen molar-refractivity contribution in [3.8, 4) is 0 Å². The minimum Gasteiger partial charge on any atom is -0.385 e. The van der Waals surface area contributed by atoms with E-state index in [1.807, 2.05) is 0 Å². The van der Waals surface area contributed by atoms with Gasteiger partial charge in [0.1, 0.15) is 0 Å². The normalized spacial score (nSPS) is 26.5. The van der Waals surface area contributed by atoms with Gasteiger partial charge in [-0.3, -0.25) is 4.90 Å². The van der Waals surface area contributed by atoms with Crippen LogP contribution >= 0.6 is 0 Å². The Kier molecular flexibility index (Phi) is 2.86. The number of nitrogens with zero attached hydrogens (tertiary/aromatic N) is 1. The molecule has 76 valence electrons. The van der Waals surface area contributed by atoms with Crippen molar-refractivity contribution in [1.82, 2.24) is 10.2 Å². The largest absolute Gasteiger partial charge is 0.385 e. The third kappa shape index (κ3) is 1.73. The van der Waals surface area contributed by atoms with Gasteiger partial charge in [0.15, 0.2) is 0 Å². The molecule has 2 heterocycles. The van der Waals surface area contributed by atoms with Crippen molar-refractivity contribution in [1.29, 1.82) is 0 Å². The van der Waals surface area contributed by atoms with Crippen molar-refractivity contribution >= 4 is 0 Å². The van der Waals surface area contributed by atoms with Gasteiger partial charge in [-0.2, -0.15) is 0 Å². The van der Waals surface area contributed by atoms with E-state index < -0.39 is 0 Å². The first-order chi connectivity index (χ1) is 6.37. The number of hydrogen-bond acceptors (Lipinski definition) is 3. The van der Waals surface area contributed by atoms with Gasteiger partial charge in [-0.25, -0.2) is 0 Å². The molecule has 13 heavy (non-hydrogen) atoms. The van der Waals surface area contributed by atoms with Crippen LogP contribution in [0.4, 0.5) is 0 Å². The molecule has 0 amide bonds. The van der Waals surface area contributed by atoms with Crippen LogP contribution in [0, 0.1) is 0 Å². The molecule has 0 aliphatic carbocycles. The van der Waals surface area contributed by atoms with Crippen LogP contribution in [0.2, 0.25) is 0 Å². The Balaban J connectivity index is 1.77. The van der Waals surface area contributed by atoms with Crippen molar-refractivity contribution < 1.29 is 4.74 Å². The van der Waals surface area contributed by atoms with Crippen LogP contribution in [-0.2, 0) is 4.74 Å². The van der Waals surface area contributed by atoms with E-state index in [1.54, 1.807) is 7.11 Å². The third-order valence-electron chi connectivity index (χ3n) is 3.43. The van der Waals surface area contributed by atoms with Crippen LogP contribution in [0.15, 0.2) is 0 Å². The molecule has 0 bridgehead atoms. The summed E-state index contributed by atoms with van der Waals surface area (Å²) in [5, 5.41) is 3.39. The zero-order chi connectivity index (χ0) is 9.15. The van der Waals surface area contributed by atoms with Gasteiger partial charge >= 0.3 is 0 Å². The molecule has 1 spiro atoms. The van der Waals surface area contributed by atoms with Crippen molar-refractivity contribution in [3.63, 3.8) is 0 Å². The van der Waals surface area contributed by atoms with E-state index in [0.717, 1.165) is 6.61 Å². The molecular weight excluding hydrogens is 164 g/mol. The number of rotatable bonds is 4. The molecule has 0 saturated carbocycles. The number of nitrogens with one attached hydrogen (secondary N) is 1. The fraction of sp³-hybridized carbons (Fsp3) is 1.00. The maximum absolute atomic E-state index is 5.08. The Labute approximate surface area is 80.4 Å². The Morgan fingerprint density at radius 1 is 1.46 bits per heavy atom. The fourth-order valence-electron chi connectivity index (χ4n) is 2.56. The topological polar surface area (TPSA) is 24.5 Å². The zero-order valence-electron chi connectivity index (χ0n) is 8.51. The van der Waals surface area contributed by atoms with E-state index in [9.17, 15) is 0 Å². The highest BCUT2D eigenvalue weighted by Crippen LogP contribution is 2.32. The summed E-state index contributed by atoms with van der Waals surface area (Å²) < 4.78 is 5.08. The molecule has 3 heteroatoms. The summed E-state index contributed by atoms with van der Waals surface area (Å²) in [6.45, 7) is 5.83. The minimum absolute atomic E-state index is 0.549. The minimum atomic E-state index is 0.549. The summed E-state index contributed by atoms with van der Waals surface area (Å²) in [5.41, 5.74) is 0.549. The Hall–Kier alpha value is -0.120. The number of methoxy groups -OCH3 is 1. The lowest BCUT2D eigenvalue weighted by atomic mass is 9.89. The van der Waals surface area contributed by atoms with Gasteiger partial charge in [0.05, 0.1) is 0 Å². The highest BCUT2D eigenvalue weighted by atomic mass is 16.5. The predicted molar refractivity (Wildman–Crippen MR) is 52.9 cm³/mol. The molecule has 2 saturated heterocycles. The summed E-state index contributed by atoms with van der Waals surface area (Å²) in [6, 6.07) is 0. The molecule has 1 N–H and O–H groups in total. The van der Waals surface area contributed by atoms with Gasteiger partial charge < -0.3 is 10.1 Å². The second kappa shape index (κ2) is 3.95. The van der Waals surface area contributed by atoms with E-state index >= 15 is 0 Å². The lowest BCUT2D eigenvalue weighted by Crippen LogP contribution is -2.66. The lowest BCUT2D eigenvalue weighted by molar-refractivity contribution is 0.0691. The molecular formula is C10H20N2O. The first kappa shape index (κ1) is 9.44. The second-order valence-electron chi connectivity index (χ2n) is 4.26. The average Bonchev–Trinajstić information content (AvgIpc) is 2.48. The third-order valence-corrected chi connectivity index (χ3v) is 3.43. The molecule has 3 nitrogen and oxygen atoms in total. The monoisotopic (exact) mass is 184 g/mol. The van der Waals surface area contributed by atoms with Crippen molar-refractivity contribution in [3.05, 3.63) is 0 Å². The van der Waals surface area contributed by atoms with E-state index in [4.69, 9.17) is 4.74 Å². The van der Waals surface area contributed by atoms with E-state index in [2.05, 4.69) is 10.2 Å². The summed E-state index contributed by atoms with van der Waals surface area (Å²) in [6.07, 6.45) is 3.96. The van der Waals surface area contributed by atoms with Gasteiger partial charge in [0, 0.05) is 38.9 Å². The molecule has 0 unspecified atom stereocenters. The van der Waals surface area contributed by atoms with E-state index in [0.29, 0.717) is 5.54 Å². The van der Waals surface area contributed by atoms with Crippen LogP contribution in [0.5, 0.6) is 0 Å². The molecule has 2 aliphatic rings. The van der Waals surface area contributed by atoms with Crippen LogP contribution in [0.3, 0.4) is 0 Å². The van der Waals surface area contributed by atoms with Gasteiger partial charge in [0.2, 0.25) is 0 Å². The Bertz CT molecular complexity index is 168. The van der Waals surface area contributed by atoms with Gasteiger partial charge in [-0.1, -0.05) is 0 Å². The lowest BCUT2D eigenvalue weighted by Gasteiger charge is -2.46. The maximum Gasteiger partial charge on any atom is 0.0474 e. The first-order valence-corrected chi connectivity index (χ1v) is 5.32. The Morgan fingerprint density at radius 3 is 2.92 bits per heavy atom. The van der Waals surface area contributed by atoms with Crippen molar-refractivity contribution in [2.24, 2.45) is 0 Å². The Morgan fingerprint density at radius 2 is 2.31 bits per heavy atom. The molecule has 0 aromatic carbocycles. The number of ether oxygens (including phenoxy) is 1. The maximum atomic E-state index is 5.08. The highest BCUT2D eigenvalue weighted by Gasteiger charge is 2.44. The smallest absolute Gasteiger partial charge is 0.0474 e. The zero-order valence-corrected chi connectivity index (χ0v) is 8.51. The summed E-state index contributed by atoms with van der Waals surface area (Å²) >= 11 is 0. The van der Waals surface area contributed by atoms with Crippen molar-refractivity contribution in [2.75, 3.05) is 39.9 Å². The van der Waals surface area contributed by atoms with E-state index in [1.165, 1.54) is 45.4 Å². The molecule has 0 radical (unpaired) electrons. The fourth-order valence-corrected chi connectivity index (χ4v) is 2.56. The molecule has 0 aromatic heterocycles. The van der Waals surface area contributed by atoms with Crippen LogP contribution < -0.4 is 5.32 Å². The van der Waals surface area contributed by atoms with Gasteiger partial charge in [0.25, 0.3) is 0 Å². The van der Waals surface area contributed by atoms with Crippen LogP contribution in [0.1, 0.15) is 19.3 Å².